The number of benzene rings is 1. The number of hydrogen-bond acceptors (Lipinski definition) is 3. The smallest absolute Gasteiger partial charge is 0.243 e. The van der Waals surface area contributed by atoms with Gasteiger partial charge >= 0.3 is 0 Å². The van der Waals surface area contributed by atoms with Crippen LogP contribution in [0.5, 0.6) is 0 Å². The highest BCUT2D eigenvalue weighted by Crippen LogP contribution is 2.15. The number of rotatable bonds is 5. The maximum atomic E-state index is 12.6. The first-order chi connectivity index (χ1) is 10.4. The minimum atomic E-state index is -3.62. The molecule has 22 heavy (non-hydrogen) atoms. The third-order valence-corrected chi connectivity index (χ3v) is 5.95. The highest BCUT2D eigenvalue weighted by Gasteiger charge is 2.28. The van der Waals surface area contributed by atoms with Crippen LogP contribution in [0.1, 0.15) is 6.92 Å². The third kappa shape index (κ3) is 3.85. The first kappa shape index (κ1) is 16.9. The molecule has 0 saturated carbocycles. The average Bonchev–Trinajstić information content (AvgIpc) is 2.53. The predicted molar refractivity (Wildman–Crippen MR) is 84.1 cm³/mol. The maximum absolute atomic E-state index is 12.6. The summed E-state index contributed by atoms with van der Waals surface area (Å²) in [7, 11) is -1.52. The molecule has 0 atom stereocenters. The molecule has 0 unspecified atom stereocenters. The number of amides is 1. The Morgan fingerprint density at radius 2 is 1.82 bits per heavy atom. The minimum absolute atomic E-state index is 0.0905. The molecule has 1 heterocycles. The number of nitrogens with zero attached hydrogens (tertiary/aromatic N) is 2. The molecule has 1 saturated heterocycles. The van der Waals surface area contributed by atoms with Gasteiger partial charge in [-0.1, -0.05) is 25.1 Å². The number of carbonyl (C=O) groups is 1. The van der Waals surface area contributed by atoms with Crippen LogP contribution in [-0.2, 0) is 14.8 Å². The van der Waals surface area contributed by atoms with Crippen molar-refractivity contribution in [1.82, 2.24) is 9.21 Å². The van der Waals surface area contributed by atoms with Crippen molar-refractivity contribution in [2.24, 2.45) is 0 Å². The number of carbonyl (C=O) groups excluding carboxylic acids is 1. The summed E-state index contributed by atoms with van der Waals surface area (Å²) in [6.07, 6.45) is 0. The Balaban J connectivity index is 2.07. The molecule has 1 fully saturated rings. The van der Waals surface area contributed by atoms with Gasteiger partial charge in [0, 0.05) is 6.54 Å². The molecule has 1 N–H and O–H groups in total. The fraction of sp³-hybridized carbons (Fsp3) is 0.533. The van der Waals surface area contributed by atoms with Gasteiger partial charge in [0.05, 0.1) is 44.7 Å². The van der Waals surface area contributed by atoms with Gasteiger partial charge in [-0.25, -0.2) is 8.42 Å². The van der Waals surface area contributed by atoms with Crippen molar-refractivity contribution in [3.8, 4) is 0 Å². The quantitative estimate of drug-likeness (QED) is 0.759. The van der Waals surface area contributed by atoms with Crippen molar-refractivity contribution in [2.75, 3.05) is 46.3 Å². The summed E-state index contributed by atoms with van der Waals surface area (Å²) in [5.74, 6) is -0.117. The molecule has 0 bridgehead atoms. The lowest BCUT2D eigenvalue weighted by Gasteiger charge is -2.31. The van der Waals surface area contributed by atoms with Crippen LogP contribution in [0, 0.1) is 0 Å². The van der Waals surface area contributed by atoms with Gasteiger partial charge < -0.3 is 9.80 Å². The number of sulfonamides is 1. The second-order valence-corrected chi connectivity index (χ2v) is 7.52. The molecule has 1 aromatic carbocycles. The van der Waals surface area contributed by atoms with Crippen molar-refractivity contribution in [1.29, 1.82) is 0 Å². The van der Waals surface area contributed by atoms with E-state index in [0.29, 0.717) is 13.1 Å². The van der Waals surface area contributed by atoms with E-state index in [9.17, 15) is 13.2 Å². The van der Waals surface area contributed by atoms with Crippen LogP contribution in [0.2, 0.25) is 0 Å². The van der Waals surface area contributed by atoms with Crippen molar-refractivity contribution < 1.29 is 18.1 Å². The Labute approximate surface area is 132 Å². The molecular formula is C15H24N3O3S+. The number of quaternary nitrogens is 1. The summed E-state index contributed by atoms with van der Waals surface area (Å²) in [4.78, 5) is 15.7. The van der Waals surface area contributed by atoms with Crippen LogP contribution < -0.4 is 4.90 Å². The summed E-state index contributed by atoms with van der Waals surface area (Å²) in [5.41, 5.74) is 0. The molecule has 1 aliphatic rings. The van der Waals surface area contributed by atoms with E-state index in [1.165, 1.54) is 9.21 Å². The molecule has 6 nitrogen and oxygen atoms in total. The summed E-state index contributed by atoms with van der Waals surface area (Å²) in [6, 6.07) is 8.26. The molecular weight excluding hydrogens is 302 g/mol. The lowest BCUT2D eigenvalue weighted by molar-refractivity contribution is -0.883. The molecule has 0 radical (unpaired) electrons. The predicted octanol–water partition coefficient (Wildman–Crippen LogP) is -0.946. The molecule has 2 rings (SSSR count). The van der Waals surface area contributed by atoms with Gasteiger partial charge in [-0.15, -0.1) is 0 Å². The van der Waals surface area contributed by atoms with Crippen molar-refractivity contribution in [2.45, 2.75) is 11.8 Å². The number of hydrogen-bond donors (Lipinski definition) is 1. The van der Waals surface area contributed by atoms with E-state index in [1.54, 1.807) is 42.2 Å². The average molecular weight is 326 g/mol. The van der Waals surface area contributed by atoms with Crippen LogP contribution in [-0.4, -0.2) is 69.8 Å². The van der Waals surface area contributed by atoms with Crippen LogP contribution in [0.4, 0.5) is 0 Å². The zero-order valence-corrected chi connectivity index (χ0v) is 14.0. The van der Waals surface area contributed by atoms with Gasteiger partial charge in [0.2, 0.25) is 15.9 Å². The van der Waals surface area contributed by atoms with E-state index < -0.39 is 10.0 Å². The monoisotopic (exact) mass is 326 g/mol. The fourth-order valence-electron chi connectivity index (χ4n) is 2.50. The Kier molecular flexibility index (Phi) is 5.55. The molecule has 1 aliphatic heterocycles. The lowest BCUT2D eigenvalue weighted by atomic mass is 10.3. The highest BCUT2D eigenvalue weighted by molar-refractivity contribution is 7.89. The molecule has 1 aromatic rings. The number of likely N-dealkylation sites (N-methyl/N-ethyl adjacent to an activating group) is 2. The van der Waals surface area contributed by atoms with Gasteiger partial charge in [0.25, 0.3) is 0 Å². The molecule has 0 aromatic heterocycles. The maximum Gasteiger partial charge on any atom is 0.243 e. The van der Waals surface area contributed by atoms with Gasteiger partial charge in [0.1, 0.15) is 0 Å². The van der Waals surface area contributed by atoms with E-state index in [1.807, 2.05) is 0 Å². The van der Waals surface area contributed by atoms with E-state index in [0.717, 1.165) is 13.1 Å². The zero-order valence-electron chi connectivity index (χ0n) is 13.2. The van der Waals surface area contributed by atoms with E-state index >= 15 is 0 Å². The Hall–Kier alpha value is -1.44. The normalized spacial score (nSPS) is 17.0. The second kappa shape index (κ2) is 7.21. The fourth-order valence-corrected chi connectivity index (χ4v) is 3.92. The van der Waals surface area contributed by atoms with Crippen LogP contribution in [0.15, 0.2) is 35.2 Å². The summed E-state index contributed by atoms with van der Waals surface area (Å²) in [5, 5.41) is 0. The molecule has 0 spiro atoms. The summed E-state index contributed by atoms with van der Waals surface area (Å²) in [6.45, 7) is 5.13. The first-order valence-electron chi connectivity index (χ1n) is 7.59. The van der Waals surface area contributed by atoms with Crippen molar-refractivity contribution >= 4 is 15.9 Å². The highest BCUT2D eigenvalue weighted by atomic mass is 32.2. The first-order valence-corrected chi connectivity index (χ1v) is 9.03. The Morgan fingerprint density at radius 3 is 2.36 bits per heavy atom. The van der Waals surface area contributed by atoms with E-state index in [-0.39, 0.29) is 23.9 Å². The molecule has 122 valence electrons. The number of piperazine rings is 1. The summed E-state index contributed by atoms with van der Waals surface area (Å²) >= 11 is 0. The van der Waals surface area contributed by atoms with E-state index in [2.05, 4.69) is 7.05 Å². The summed E-state index contributed by atoms with van der Waals surface area (Å²) < 4.78 is 26.4. The van der Waals surface area contributed by atoms with Crippen LogP contribution >= 0.6 is 0 Å². The van der Waals surface area contributed by atoms with E-state index in [4.69, 9.17) is 0 Å². The molecule has 1 amide bonds. The Bertz CT molecular complexity index is 596. The van der Waals surface area contributed by atoms with Crippen molar-refractivity contribution in [3.63, 3.8) is 0 Å². The van der Waals surface area contributed by atoms with Crippen LogP contribution in [0.25, 0.3) is 0 Å². The SMILES string of the molecule is CCN(CC(=O)N1CC[NH+](C)CC1)S(=O)(=O)c1ccccc1. The van der Waals surface area contributed by atoms with Crippen LogP contribution in [0.3, 0.4) is 0 Å². The van der Waals surface area contributed by atoms with Gasteiger partial charge in [-0.3, -0.25) is 4.79 Å². The standard InChI is InChI=1S/C15H23N3O3S/c1-3-18(22(20,21)14-7-5-4-6-8-14)13-15(19)17-11-9-16(2)10-12-17/h4-8H,3,9-13H2,1-2H3/p+1. The topological polar surface area (TPSA) is 62.1 Å². The van der Waals surface area contributed by atoms with Crippen molar-refractivity contribution in [3.05, 3.63) is 30.3 Å². The Morgan fingerprint density at radius 1 is 1.23 bits per heavy atom. The zero-order chi connectivity index (χ0) is 16.2. The molecule has 7 heteroatoms. The lowest BCUT2D eigenvalue weighted by Crippen LogP contribution is -3.12. The third-order valence-electron chi connectivity index (χ3n) is 4.02. The largest absolute Gasteiger partial charge is 0.334 e. The number of nitrogens with one attached hydrogen (secondary N) is 1. The molecule has 0 aliphatic carbocycles. The van der Waals surface area contributed by atoms with Gasteiger partial charge in [-0.2, -0.15) is 4.31 Å². The van der Waals surface area contributed by atoms with Gasteiger partial charge in [-0.05, 0) is 12.1 Å². The second-order valence-electron chi connectivity index (χ2n) is 5.58. The van der Waals surface area contributed by atoms with Gasteiger partial charge in [0.15, 0.2) is 0 Å². The minimum Gasteiger partial charge on any atom is -0.334 e.